The van der Waals surface area contributed by atoms with Crippen LogP contribution in [0.5, 0.6) is 0 Å². The predicted octanol–water partition coefficient (Wildman–Crippen LogP) is 4.26. The van der Waals surface area contributed by atoms with Crippen LogP contribution >= 0.6 is 11.6 Å². The SMILES string of the molecule is Cc1ccc(-c2cc(C(=O)O)n(Cc3ccc(Cl)cc3)n2)cc1. The van der Waals surface area contributed by atoms with Gasteiger partial charge in [-0.3, -0.25) is 4.68 Å². The van der Waals surface area contributed by atoms with Crippen LogP contribution in [0, 0.1) is 6.92 Å². The van der Waals surface area contributed by atoms with Crippen LogP contribution in [0.1, 0.15) is 21.6 Å². The average Bonchev–Trinajstić information content (AvgIpc) is 2.94. The summed E-state index contributed by atoms with van der Waals surface area (Å²) in [4.78, 5) is 11.5. The minimum absolute atomic E-state index is 0.163. The van der Waals surface area contributed by atoms with E-state index < -0.39 is 5.97 Å². The zero-order valence-corrected chi connectivity index (χ0v) is 13.3. The third-order valence-corrected chi connectivity index (χ3v) is 3.84. The molecule has 1 aromatic heterocycles. The summed E-state index contributed by atoms with van der Waals surface area (Å²) >= 11 is 5.88. The monoisotopic (exact) mass is 326 g/mol. The number of hydrogen-bond donors (Lipinski definition) is 1. The van der Waals surface area contributed by atoms with Crippen molar-refractivity contribution in [3.05, 3.63) is 76.4 Å². The molecule has 0 amide bonds. The third-order valence-electron chi connectivity index (χ3n) is 3.59. The highest BCUT2D eigenvalue weighted by atomic mass is 35.5. The smallest absolute Gasteiger partial charge is 0.354 e. The maximum absolute atomic E-state index is 11.5. The van der Waals surface area contributed by atoms with Gasteiger partial charge in [-0.1, -0.05) is 53.6 Å². The lowest BCUT2D eigenvalue weighted by atomic mass is 10.1. The first kappa shape index (κ1) is 15.3. The van der Waals surface area contributed by atoms with E-state index in [1.165, 1.54) is 4.68 Å². The van der Waals surface area contributed by atoms with Gasteiger partial charge in [0.05, 0.1) is 12.2 Å². The molecule has 0 bridgehead atoms. The largest absolute Gasteiger partial charge is 0.477 e. The number of benzene rings is 2. The molecular weight excluding hydrogens is 312 g/mol. The first-order valence-corrected chi connectivity index (χ1v) is 7.53. The first-order chi connectivity index (χ1) is 11.0. The summed E-state index contributed by atoms with van der Waals surface area (Å²) in [6.07, 6.45) is 0. The quantitative estimate of drug-likeness (QED) is 0.779. The van der Waals surface area contributed by atoms with Crippen LogP contribution in [0.15, 0.2) is 54.6 Å². The van der Waals surface area contributed by atoms with E-state index in [1.54, 1.807) is 18.2 Å². The van der Waals surface area contributed by atoms with Crippen molar-refractivity contribution < 1.29 is 9.90 Å². The Bertz CT molecular complexity index is 836. The topological polar surface area (TPSA) is 55.1 Å². The Kier molecular flexibility index (Phi) is 4.17. The minimum atomic E-state index is -0.996. The maximum Gasteiger partial charge on any atom is 0.354 e. The lowest BCUT2D eigenvalue weighted by molar-refractivity contribution is 0.0684. The molecule has 5 heteroatoms. The summed E-state index contributed by atoms with van der Waals surface area (Å²) < 4.78 is 1.50. The van der Waals surface area contributed by atoms with E-state index in [-0.39, 0.29) is 5.69 Å². The molecule has 0 aliphatic carbocycles. The van der Waals surface area contributed by atoms with Crippen molar-refractivity contribution in [1.82, 2.24) is 9.78 Å². The van der Waals surface area contributed by atoms with E-state index in [0.717, 1.165) is 16.7 Å². The summed E-state index contributed by atoms with van der Waals surface area (Å²) in [6.45, 7) is 2.39. The van der Waals surface area contributed by atoms with Crippen molar-refractivity contribution >= 4 is 17.6 Å². The summed E-state index contributed by atoms with van der Waals surface area (Å²) in [6, 6.07) is 16.7. The molecule has 1 heterocycles. The number of aromatic nitrogens is 2. The van der Waals surface area contributed by atoms with Crippen molar-refractivity contribution in [2.45, 2.75) is 13.5 Å². The van der Waals surface area contributed by atoms with Gasteiger partial charge in [-0.05, 0) is 30.7 Å². The zero-order valence-electron chi connectivity index (χ0n) is 12.5. The molecule has 3 aromatic rings. The average molecular weight is 327 g/mol. The molecule has 0 saturated carbocycles. The maximum atomic E-state index is 11.5. The Morgan fingerprint density at radius 1 is 1.13 bits per heavy atom. The van der Waals surface area contributed by atoms with Gasteiger partial charge in [-0.25, -0.2) is 4.79 Å². The normalized spacial score (nSPS) is 10.7. The Balaban J connectivity index is 1.97. The number of hydrogen-bond acceptors (Lipinski definition) is 2. The predicted molar refractivity (Wildman–Crippen MR) is 89.9 cm³/mol. The molecule has 116 valence electrons. The first-order valence-electron chi connectivity index (χ1n) is 7.15. The lowest BCUT2D eigenvalue weighted by Crippen LogP contribution is -2.10. The highest BCUT2D eigenvalue weighted by Gasteiger charge is 2.15. The van der Waals surface area contributed by atoms with Gasteiger partial charge in [-0.2, -0.15) is 5.10 Å². The Hall–Kier alpha value is -2.59. The lowest BCUT2D eigenvalue weighted by Gasteiger charge is -2.05. The van der Waals surface area contributed by atoms with Crippen molar-refractivity contribution in [1.29, 1.82) is 0 Å². The Morgan fingerprint density at radius 3 is 2.39 bits per heavy atom. The number of nitrogens with zero attached hydrogens (tertiary/aromatic N) is 2. The van der Waals surface area contributed by atoms with Crippen molar-refractivity contribution in [2.75, 3.05) is 0 Å². The number of carbonyl (C=O) groups is 1. The highest BCUT2D eigenvalue weighted by molar-refractivity contribution is 6.30. The van der Waals surface area contributed by atoms with Gasteiger partial charge in [0.2, 0.25) is 0 Å². The van der Waals surface area contributed by atoms with Crippen LogP contribution in [0.2, 0.25) is 5.02 Å². The molecule has 0 radical (unpaired) electrons. The molecule has 0 fully saturated rings. The fraction of sp³-hybridized carbons (Fsp3) is 0.111. The van der Waals surface area contributed by atoms with Gasteiger partial charge >= 0.3 is 5.97 Å². The molecule has 0 aliphatic heterocycles. The van der Waals surface area contributed by atoms with Crippen LogP contribution < -0.4 is 0 Å². The Morgan fingerprint density at radius 2 is 1.78 bits per heavy atom. The molecule has 3 rings (SSSR count). The van der Waals surface area contributed by atoms with Gasteiger partial charge < -0.3 is 5.11 Å². The van der Waals surface area contributed by atoms with E-state index in [0.29, 0.717) is 17.3 Å². The van der Waals surface area contributed by atoms with Crippen LogP contribution in [-0.4, -0.2) is 20.9 Å². The third kappa shape index (κ3) is 3.43. The minimum Gasteiger partial charge on any atom is -0.477 e. The zero-order chi connectivity index (χ0) is 16.4. The van der Waals surface area contributed by atoms with Crippen molar-refractivity contribution in [2.24, 2.45) is 0 Å². The molecule has 1 N–H and O–H groups in total. The fourth-order valence-corrected chi connectivity index (χ4v) is 2.46. The second kappa shape index (κ2) is 6.26. The van der Waals surface area contributed by atoms with Gasteiger partial charge in [0, 0.05) is 10.6 Å². The van der Waals surface area contributed by atoms with Crippen molar-refractivity contribution in [3.63, 3.8) is 0 Å². The fourth-order valence-electron chi connectivity index (χ4n) is 2.34. The molecule has 0 unspecified atom stereocenters. The van der Waals surface area contributed by atoms with Gasteiger partial charge in [0.1, 0.15) is 5.69 Å². The van der Waals surface area contributed by atoms with E-state index in [9.17, 15) is 9.90 Å². The summed E-state index contributed by atoms with van der Waals surface area (Å²) in [7, 11) is 0. The van der Waals surface area contributed by atoms with Crippen molar-refractivity contribution in [3.8, 4) is 11.3 Å². The molecular formula is C18H15ClN2O2. The van der Waals surface area contributed by atoms with Gasteiger partial charge in [0.25, 0.3) is 0 Å². The van der Waals surface area contributed by atoms with E-state index in [4.69, 9.17) is 11.6 Å². The second-order valence-corrected chi connectivity index (χ2v) is 5.81. The van der Waals surface area contributed by atoms with Gasteiger partial charge in [0.15, 0.2) is 0 Å². The number of rotatable bonds is 4. The van der Waals surface area contributed by atoms with Crippen LogP contribution in [0.3, 0.4) is 0 Å². The number of aromatic carboxylic acids is 1. The summed E-state index contributed by atoms with van der Waals surface area (Å²) in [5, 5.41) is 14.5. The van der Waals surface area contributed by atoms with Crippen LogP contribution in [0.4, 0.5) is 0 Å². The standard InChI is InChI=1S/C18H15ClN2O2/c1-12-2-6-14(7-3-12)16-10-17(18(22)23)21(20-16)11-13-4-8-15(19)9-5-13/h2-10H,11H2,1H3,(H,22,23). The number of halogens is 1. The molecule has 0 spiro atoms. The molecule has 0 aliphatic rings. The molecule has 23 heavy (non-hydrogen) atoms. The van der Waals surface area contributed by atoms with E-state index in [2.05, 4.69) is 5.10 Å². The number of aryl methyl sites for hydroxylation is 1. The van der Waals surface area contributed by atoms with Crippen LogP contribution in [0.25, 0.3) is 11.3 Å². The molecule has 0 saturated heterocycles. The highest BCUT2D eigenvalue weighted by Crippen LogP contribution is 2.21. The Labute approximate surface area is 139 Å². The number of carboxylic acid groups (broad SMARTS) is 1. The summed E-state index contributed by atoms with van der Waals surface area (Å²) in [5.74, 6) is -0.996. The van der Waals surface area contributed by atoms with Crippen LogP contribution in [-0.2, 0) is 6.54 Å². The summed E-state index contributed by atoms with van der Waals surface area (Å²) in [5.41, 5.74) is 3.79. The van der Waals surface area contributed by atoms with E-state index in [1.807, 2.05) is 43.3 Å². The molecule has 0 atom stereocenters. The molecule has 2 aromatic carbocycles. The van der Waals surface area contributed by atoms with Gasteiger partial charge in [-0.15, -0.1) is 0 Å². The number of carboxylic acids is 1. The van der Waals surface area contributed by atoms with E-state index >= 15 is 0 Å². The second-order valence-electron chi connectivity index (χ2n) is 5.37. The molecule has 4 nitrogen and oxygen atoms in total.